The van der Waals surface area contributed by atoms with E-state index in [0.29, 0.717) is 23.1 Å². The van der Waals surface area contributed by atoms with Gasteiger partial charge in [-0.05, 0) is 45.4 Å². The minimum atomic E-state index is -0.871. The molecule has 1 saturated heterocycles. The Balaban J connectivity index is 1.46. The highest BCUT2D eigenvalue weighted by Crippen LogP contribution is 2.44. The Morgan fingerprint density at radius 1 is 1.38 bits per heavy atom. The van der Waals surface area contributed by atoms with E-state index >= 15 is 0 Å². The Morgan fingerprint density at radius 2 is 2.08 bits per heavy atom. The normalized spacial score (nSPS) is 26.7. The first-order valence-corrected chi connectivity index (χ1v) is 8.30. The topological polar surface area (TPSA) is 105 Å². The predicted molar refractivity (Wildman–Crippen MR) is 83.2 cm³/mol. The van der Waals surface area contributed by atoms with Crippen LogP contribution < -0.4 is 10.6 Å². The minimum Gasteiger partial charge on any atom is -0.359 e. The van der Waals surface area contributed by atoms with Crippen molar-refractivity contribution in [3.8, 4) is 0 Å². The summed E-state index contributed by atoms with van der Waals surface area (Å²) in [6.45, 7) is 3.18. The Labute approximate surface area is 138 Å². The summed E-state index contributed by atoms with van der Waals surface area (Å²) >= 11 is 0. The fourth-order valence-corrected chi connectivity index (χ4v) is 3.28. The molecule has 2 N–H and O–H groups in total. The van der Waals surface area contributed by atoms with Crippen LogP contribution in [0.4, 0.5) is 10.5 Å². The maximum Gasteiger partial charge on any atom is 0.325 e. The lowest BCUT2D eigenvalue weighted by atomic mass is 9.96. The molecule has 4 amide bonds. The molecule has 0 unspecified atom stereocenters. The fourth-order valence-electron chi connectivity index (χ4n) is 3.28. The van der Waals surface area contributed by atoms with Crippen molar-refractivity contribution in [2.24, 2.45) is 5.92 Å². The maximum absolute atomic E-state index is 12.5. The fraction of sp³-hybridized carbons (Fsp3) is 0.625. The van der Waals surface area contributed by atoms with Gasteiger partial charge in [0.05, 0.1) is 0 Å². The van der Waals surface area contributed by atoms with E-state index in [-0.39, 0.29) is 18.4 Å². The van der Waals surface area contributed by atoms with Crippen molar-refractivity contribution in [3.63, 3.8) is 0 Å². The molecule has 2 aliphatic carbocycles. The number of aromatic nitrogens is 1. The second-order valence-corrected chi connectivity index (χ2v) is 7.13. The molecule has 4 rings (SSSR count). The molecule has 0 bridgehead atoms. The standard InChI is InChI=1S/C16H20N4O4/c1-8-12(13(24-19-8)9-3-4-9)17-11(21)7-20-14(22)16(2,10-5-6-10)18-15(20)23/h9-10H,3-7H2,1-2H3,(H,17,21)(H,18,23)/t16-/m0/s1. The van der Waals surface area contributed by atoms with E-state index in [1.165, 1.54) is 0 Å². The number of hydrogen-bond donors (Lipinski definition) is 2. The van der Waals surface area contributed by atoms with Gasteiger partial charge in [-0.25, -0.2) is 4.79 Å². The summed E-state index contributed by atoms with van der Waals surface area (Å²) in [6, 6.07) is -0.506. The molecule has 0 aromatic carbocycles. The van der Waals surface area contributed by atoms with Gasteiger partial charge in [-0.15, -0.1) is 0 Å². The monoisotopic (exact) mass is 332 g/mol. The van der Waals surface area contributed by atoms with Gasteiger partial charge in [-0.2, -0.15) is 0 Å². The smallest absolute Gasteiger partial charge is 0.325 e. The number of anilines is 1. The molecule has 8 nitrogen and oxygen atoms in total. The lowest BCUT2D eigenvalue weighted by molar-refractivity contribution is -0.134. The molecular weight excluding hydrogens is 312 g/mol. The summed E-state index contributed by atoms with van der Waals surface area (Å²) in [6.07, 6.45) is 3.88. The first-order valence-electron chi connectivity index (χ1n) is 8.30. The molecule has 0 radical (unpaired) electrons. The molecule has 1 atom stereocenters. The number of imide groups is 1. The number of rotatable bonds is 5. The quantitative estimate of drug-likeness (QED) is 0.796. The van der Waals surface area contributed by atoms with E-state index in [1.54, 1.807) is 13.8 Å². The zero-order valence-electron chi connectivity index (χ0n) is 13.7. The van der Waals surface area contributed by atoms with Gasteiger partial charge in [0.15, 0.2) is 5.76 Å². The van der Waals surface area contributed by atoms with Crippen LogP contribution in [0.25, 0.3) is 0 Å². The van der Waals surface area contributed by atoms with Gasteiger partial charge in [0.2, 0.25) is 5.91 Å². The van der Waals surface area contributed by atoms with Gasteiger partial charge in [-0.3, -0.25) is 14.5 Å². The molecule has 8 heteroatoms. The van der Waals surface area contributed by atoms with Gasteiger partial charge < -0.3 is 15.2 Å². The van der Waals surface area contributed by atoms with Crippen LogP contribution >= 0.6 is 0 Å². The number of hydrogen-bond acceptors (Lipinski definition) is 5. The van der Waals surface area contributed by atoms with E-state index in [9.17, 15) is 14.4 Å². The van der Waals surface area contributed by atoms with Crippen molar-refractivity contribution >= 4 is 23.5 Å². The third-order valence-electron chi connectivity index (χ3n) is 5.10. The average Bonchev–Trinajstić information content (AvgIpc) is 3.43. The molecule has 2 saturated carbocycles. The van der Waals surface area contributed by atoms with Gasteiger partial charge >= 0.3 is 6.03 Å². The Bertz CT molecular complexity index is 734. The van der Waals surface area contributed by atoms with Crippen molar-refractivity contribution in [1.82, 2.24) is 15.4 Å². The van der Waals surface area contributed by atoms with Crippen LogP contribution in [-0.2, 0) is 9.59 Å². The molecule has 1 aromatic rings. The molecule has 1 aliphatic heterocycles. The molecule has 2 heterocycles. The van der Waals surface area contributed by atoms with Crippen molar-refractivity contribution in [2.75, 3.05) is 11.9 Å². The molecule has 1 aromatic heterocycles. The molecule has 0 spiro atoms. The Hall–Kier alpha value is -2.38. The lowest BCUT2D eigenvalue weighted by Gasteiger charge is -2.20. The number of carbonyl (C=O) groups excluding carboxylic acids is 3. The summed E-state index contributed by atoms with van der Waals surface area (Å²) < 4.78 is 5.28. The Morgan fingerprint density at radius 3 is 2.71 bits per heavy atom. The first kappa shape index (κ1) is 15.2. The van der Waals surface area contributed by atoms with Gasteiger partial charge in [-0.1, -0.05) is 5.16 Å². The Kier molecular flexibility index (Phi) is 3.20. The van der Waals surface area contributed by atoms with Crippen LogP contribution in [0.5, 0.6) is 0 Å². The lowest BCUT2D eigenvalue weighted by Crippen LogP contribution is -2.46. The largest absolute Gasteiger partial charge is 0.359 e. The van der Waals surface area contributed by atoms with E-state index in [4.69, 9.17) is 4.52 Å². The predicted octanol–water partition coefficient (Wildman–Crippen LogP) is 1.52. The van der Waals surface area contributed by atoms with Gasteiger partial charge in [0.25, 0.3) is 5.91 Å². The average molecular weight is 332 g/mol. The highest BCUT2D eigenvalue weighted by molar-refractivity contribution is 6.10. The highest BCUT2D eigenvalue weighted by Gasteiger charge is 2.56. The highest BCUT2D eigenvalue weighted by atomic mass is 16.5. The van der Waals surface area contributed by atoms with Gasteiger partial charge in [0.1, 0.15) is 23.5 Å². The van der Waals surface area contributed by atoms with Gasteiger partial charge in [0, 0.05) is 5.92 Å². The summed E-state index contributed by atoms with van der Waals surface area (Å²) in [5.41, 5.74) is 0.300. The second-order valence-electron chi connectivity index (χ2n) is 7.13. The zero-order chi connectivity index (χ0) is 17.1. The summed E-state index contributed by atoms with van der Waals surface area (Å²) in [5, 5.41) is 9.38. The SMILES string of the molecule is Cc1noc(C2CC2)c1NC(=O)CN1C(=O)N[C@@](C)(C2CC2)C1=O. The van der Waals surface area contributed by atoms with E-state index in [1.807, 2.05) is 0 Å². The van der Waals surface area contributed by atoms with Crippen LogP contribution in [0.3, 0.4) is 0 Å². The van der Waals surface area contributed by atoms with Crippen LogP contribution in [0.15, 0.2) is 4.52 Å². The molecule has 24 heavy (non-hydrogen) atoms. The van der Waals surface area contributed by atoms with E-state index in [0.717, 1.165) is 30.6 Å². The van der Waals surface area contributed by atoms with E-state index < -0.39 is 17.5 Å². The third-order valence-corrected chi connectivity index (χ3v) is 5.10. The molecule has 3 fully saturated rings. The summed E-state index contributed by atoms with van der Waals surface area (Å²) in [7, 11) is 0. The van der Waals surface area contributed by atoms with Crippen LogP contribution in [0.2, 0.25) is 0 Å². The number of carbonyl (C=O) groups is 3. The van der Waals surface area contributed by atoms with Crippen molar-refractivity contribution in [2.45, 2.75) is 51.0 Å². The van der Waals surface area contributed by atoms with Crippen molar-refractivity contribution in [3.05, 3.63) is 11.5 Å². The number of aryl methyl sites for hydroxylation is 1. The van der Waals surface area contributed by atoms with E-state index in [2.05, 4.69) is 15.8 Å². The summed E-state index contributed by atoms with van der Waals surface area (Å²) in [5.74, 6) is 0.405. The molecular formula is C16H20N4O4. The second kappa shape index (κ2) is 5.06. The summed E-state index contributed by atoms with van der Waals surface area (Å²) in [4.78, 5) is 38.0. The van der Waals surface area contributed by atoms with Crippen LogP contribution in [0, 0.1) is 12.8 Å². The third kappa shape index (κ3) is 2.37. The number of nitrogens with one attached hydrogen (secondary N) is 2. The zero-order valence-corrected chi connectivity index (χ0v) is 13.7. The molecule has 3 aliphatic rings. The molecule has 128 valence electrons. The first-order chi connectivity index (χ1) is 11.4. The maximum atomic E-state index is 12.5. The minimum absolute atomic E-state index is 0.170. The van der Waals surface area contributed by atoms with Crippen LogP contribution in [-0.4, -0.2) is 40.0 Å². The van der Waals surface area contributed by atoms with Crippen molar-refractivity contribution < 1.29 is 18.9 Å². The number of urea groups is 1. The number of amides is 4. The van der Waals surface area contributed by atoms with Crippen molar-refractivity contribution in [1.29, 1.82) is 0 Å². The number of nitrogens with zero attached hydrogens (tertiary/aromatic N) is 2. The van der Waals surface area contributed by atoms with Crippen LogP contribution in [0.1, 0.15) is 50.0 Å².